The SMILES string of the molecule is CC(C)c1cc(C(=O)N2CCCC[C@H]2c2ncn[nH]2)nn1C. The second kappa shape index (κ2) is 5.90. The van der Waals surface area contributed by atoms with Crippen molar-refractivity contribution in [3.8, 4) is 0 Å². The van der Waals surface area contributed by atoms with E-state index in [4.69, 9.17) is 0 Å². The molecule has 3 heterocycles. The van der Waals surface area contributed by atoms with Gasteiger partial charge in [-0.05, 0) is 31.2 Å². The highest BCUT2D eigenvalue weighted by molar-refractivity contribution is 5.92. The van der Waals surface area contributed by atoms with Crippen LogP contribution in [0, 0.1) is 0 Å². The van der Waals surface area contributed by atoms with E-state index in [0.29, 0.717) is 11.6 Å². The first-order valence-electron chi connectivity index (χ1n) is 7.78. The molecule has 0 saturated carbocycles. The van der Waals surface area contributed by atoms with E-state index in [1.165, 1.54) is 6.33 Å². The number of piperidine rings is 1. The first-order chi connectivity index (χ1) is 10.6. The topological polar surface area (TPSA) is 79.7 Å². The summed E-state index contributed by atoms with van der Waals surface area (Å²) in [6.07, 6.45) is 4.50. The van der Waals surface area contributed by atoms with Crippen LogP contribution in [0.25, 0.3) is 0 Å². The molecule has 0 aromatic carbocycles. The van der Waals surface area contributed by atoms with Crippen LogP contribution >= 0.6 is 0 Å². The van der Waals surface area contributed by atoms with Gasteiger partial charge in [0.25, 0.3) is 5.91 Å². The third-order valence-electron chi connectivity index (χ3n) is 4.24. The first kappa shape index (κ1) is 14.7. The van der Waals surface area contributed by atoms with Crippen molar-refractivity contribution in [2.24, 2.45) is 7.05 Å². The lowest BCUT2D eigenvalue weighted by Crippen LogP contribution is -2.39. The second-order valence-electron chi connectivity index (χ2n) is 6.11. The number of amides is 1. The maximum atomic E-state index is 12.9. The van der Waals surface area contributed by atoms with Gasteiger partial charge in [0.05, 0.1) is 6.04 Å². The van der Waals surface area contributed by atoms with Gasteiger partial charge in [-0.3, -0.25) is 14.6 Å². The third-order valence-corrected chi connectivity index (χ3v) is 4.24. The standard InChI is InChI=1S/C15H22N6O/c1-10(2)13-8-11(19-20(13)3)15(22)21-7-5-4-6-12(21)14-16-9-17-18-14/h8-10,12H,4-7H2,1-3H3,(H,16,17,18)/t12-/m0/s1. The van der Waals surface area contributed by atoms with Crippen LogP contribution in [-0.4, -0.2) is 42.3 Å². The molecule has 1 aliphatic heterocycles. The molecule has 0 aliphatic carbocycles. The fourth-order valence-electron chi connectivity index (χ4n) is 3.11. The zero-order valence-corrected chi connectivity index (χ0v) is 13.3. The molecule has 0 bridgehead atoms. The highest BCUT2D eigenvalue weighted by atomic mass is 16.2. The van der Waals surface area contributed by atoms with Gasteiger partial charge in [0.2, 0.25) is 0 Å². The molecule has 1 amide bonds. The molecular weight excluding hydrogens is 280 g/mol. The van der Waals surface area contributed by atoms with E-state index in [0.717, 1.165) is 37.3 Å². The number of carbonyl (C=O) groups is 1. The molecule has 118 valence electrons. The monoisotopic (exact) mass is 302 g/mol. The first-order valence-corrected chi connectivity index (χ1v) is 7.78. The molecule has 1 fully saturated rings. The van der Waals surface area contributed by atoms with Gasteiger partial charge in [0.15, 0.2) is 5.69 Å². The molecule has 1 aliphatic rings. The van der Waals surface area contributed by atoms with Crippen molar-refractivity contribution in [1.29, 1.82) is 0 Å². The van der Waals surface area contributed by atoms with E-state index in [1.807, 2.05) is 18.0 Å². The lowest BCUT2D eigenvalue weighted by Gasteiger charge is -2.33. The van der Waals surface area contributed by atoms with Crippen LogP contribution in [0.4, 0.5) is 0 Å². The van der Waals surface area contributed by atoms with Crippen molar-refractivity contribution >= 4 is 5.91 Å². The van der Waals surface area contributed by atoms with Crippen LogP contribution in [0.5, 0.6) is 0 Å². The number of carbonyl (C=O) groups excluding carboxylic acids is 1. The number of rotatable bonds is 3. The van der Waals surface area contributed by atoms with Gasteiger partial charge in [-0.15, -0.1) is 0 Å². The summed E-state index contributed by atoms with van der Waals surface area (Å²) in [4.78, 5) is 19.0. The Kier molecular flexibility index (Phi) is 3.96. The fourth-order valence-corrected chi connectivity index (χ4v) is 3.11. The number of nitrogens with one attached hydrogen (secondary N) is 1. The van der Waals surface area contributed by atoms with Gasteiger partial charge in [0, 0.05) is 19.3 Å². The number of likely N-dealkylation sites (tertiary alicyclic amines) is 1. The van der Waals surface area contributed by atoms with E-state index < -0.39 is 0 Å². The Morgan fingerprint density at radius 2 is 2.23 bits per heavy atom. The van der Waals surface area contributed by atoms with E-state index in [1.54, 1.807) is 4.68 Å². The highest BCUT2D eigenvalue weighted by Crippen LogP contribution is 2.30. The average Bonchev–Trinajstić information content (AvgIpc) is 3.15. The minimum atomic E-state index is -0.0340. The molecular formula is C15H22N6O. The predicted molar refractivity (Wildman–Crippen MR) is 81.3 cm³/mol. The number of hydrogen-bond acceptors (Lipinski definition) is 4. The fraction of sp³-hybridized carbons (Fsp3) is 0.600. The van der Waals surface area contributed by atoms with Crippen LogP contribution in [0.3, 0.4) is 0 Å². The van der Waals surface area contributed by atoms with Crippen LogP contribution in [0.1, 0.15) is 67.1 Å². The summed E-state index contributed by atoms with van der Waals surface area (Å²) in [6.45, 7) is 4.94. The number of H-pyrrole nitrogens is 1. The van der Waals surface area contributed by atoms with Gasteiger partial charge >= 0.3 is 0 Å². The molecule has 2 aromatic rings. The molecule has 22 heavy (non-hydrogen) atoms. The smallest absolute Gasteiger partial charge is 0.274 e. The second-order valence-corrected chi connectivity index (χ2v) is 6.11. The van der Waals surface area contributed by atoms with Crippen molar-refractivity contribution in [2.75, 3.05) is 6.54 Å². The van der Waals surface area contributed by atoms with Crippen molar-refractivity contribution in [3.63, 3.8) is 0 Å². The molecule has 3 rings (SSSR count). The molecule has 1 N–H and O–H groups in total. The molecule has 0 spiro atoms. The van der Waals surface area contributed by atoms with Gasteiger partial charge in [-0.25, -0.2) is 4.98 Å². The zero-order chi connectivity index (χ0) is 15.7. The molecule has 7 nitrogen and oxygen atoms in total. The van der Waals surface area contributed by atoms with Gasteiger partial charge < -0.3 is 4.90 Å². The molecule has 2 aromatic heterocycles. The maximum Gasteiger partial charge on any atom is 0.274 e. The summed E-state index contributed by atoms with van der Waals surface area (Å²) in [5, 5.41) is 11.2. The number of nitrogens with zero attached hydrogens (tertiary/aromatic N) is 5. The normalized spacial score (nSPS) is 18.9. The van der Waals surface area contributed by atoms with Crippen molar-refractivity contribution in [2.45, 2.75) is 45.1 Å². The van der Waals surface area contributed by atoms with E-state index in [-0.39, 0.29) is 11.9 Å². The average molecular weight is 302 g/mol. The lowest BCUT2D eigenvalue weighted by molar-refractivity contribution is 0.0593. The Hall–Kier alpha value is -2.18. The quantitative estimate of drug-likeness (QED) is 0.940. The van der Waals surface area contributed by atoms with E-state index in [9.17, 15) is 4.79 Å². The molecule has 1 saturated heterocycles. The van der Waals surface area contributed by atoms with E-state index in [2.05, 4.69) is 34.1 Å². The summed E-state index contributed by atoms with van der Waals surface area (Å²) >= 11 is 0. The molecule has 1 atom stereocenters. The van der Waals surface area contributed by atoms with Gasteiger partial charge in [-0.1, -0.05) is 13.8 Å². The minimum Gasteiger partial charge on any atom is -0.327 e. The maximum absolute atomic E-state index is 12.9. The van der Waals surface area contributed by atoms with Crippen molar-refractivity contribution in [3.05, 3.63) is 29.6 Å². The van der Waals surface area contributed by atoms with Crippen LogP contribution in [-0.2, 0) is 7.05 Å². The Bertz CT molecular complexity index is 645. The minimum absolute atomic E-state index is 0.0244. The van der Waals surface area contributed by atoms with Crippen molar-refractivity contribution in [1.82, 2.24) is 29.9 Å². The summed E-state index contributed by atoms with van der Waals surface area (Å²) in [7, 11) is 1.89. The number of aryl methyl sites for hydroxylation is 1. The van der Waals surface area contributed by atoms with E-state index >= 15 is 0 Å². The zero-order valence-electron chi connectivity index (χ0n) is 13.3. The van der Waals surface area contributed by atoms with Crippen LogP contribution < -0.4 is 0 Å². The summed E-state index contributed by atoms with van der Waals surface area (Å²) in [6, 6.07) is 1.87. The van der Waals surface area contributed by atoms with Crippen LogP contribution in [0.15, 0.2) is 12.4 Å². The number of hydrogen-bond donors (Lipinski definition) is 1. The largest absolute Gasteiger partial charge is 0.327 e. The van der Waals surface area contributed by atoms with Crippen LogP contribution in [0.2, 0.25) is 0 Å². The molecule has 0 radical (unpaired) electrons. The predicted octanol–water partition coefficient (Wildman–Crippen LogP) is 2.03. The Labute approximate surface area is 129 Å². The molecule has 0 unspecified atom stereocenters. The summed E-state index contributed by atoms with van der Waals surface area (Å²) < 4.78 is 1.80. The highest BCUT2D eigenvalue weighted by Gasteiger charge is 2.32. The third kappa shape index (κ3) is 2.63. The van der Waals surface area contributed by atoms with Crippen molar-refractivity contribution < 1.29 is 4.79 Å². The van der Waals surface area contributed by atoms with Gasteiger partial charge in [-0.2, -0.15) is 10.2 Å². The summed E-state index contributed by atoms with van der Waals surface area (Å²) in [5.74, 6) is 1.07. The Morgan fingerprint density at radius 1 is 1.41 bits per heavy atom. The Balaban J connectivity index is 1.87. The van der Waals surface area contributed by atoms with Gasteiger partial charge in [0.1, 0.15) is 12.2 Å². The Morgan fingerprint density at radius 3 is 2.86 bits per heavy atom. The lowest BCUT2D eigenvalue weighted by atomic mass is 10.0. The molecule has 7 heteroatoms. The number of aromatic nitrogens is 5. The number of aromatic amines is 1. The summed E-state index contributed by atoms with van der Waals surface area (Å²) in [5.41, 5.74) is 1.58.